The summed E-state index contributed by atoms with van der Waals surface area (Å²) in [7, 11) is 1.63. The summed E-state index contributed by atoms with van der Waals surface area (Å²) in [6.07, 6.45) is 8.42. The van der Waals surface area contributed by atoms with Crippen molar-refractivity contribution in [2.45, 2.75) is 46.0 Å². The summed E-state index contributed by atoms with van der Waals surface area (Å²) >= 11 is 6.75. The standard InChI is InChI=1S/C28H32N4O3S2/c1-4-5-6-7-15-29-24-22(26(33)31-16-8-9-19(2)25(31)30-24)18-23-27(34)32(28(36)37-23)17-14-20-10-12-21(35-3)13-11-20/h8-13,16,18,29H,4-7,14-15,17H2,1-3H3. The lowest BCUT2D eigenvalue weighted by Gasteiger charge is -2.14. The third-order valence-corrected chi connectivity index (χ3v) is 7.72. The molecule has 9 heteroatoms. The van der Waals surface area contributed by atoms with Gasteiger partial charge in [-0.1, -0.05) is 68.4 Å². The van der Waals surface area contributed by atoms with Crippen molar-refractivity contribution < 1.29 is 9.53 Å². The highest BCUT2D eigenvalue weighted by Gasteiger charge is 2.32. The van der Waals surface area contributed by atoms with Crippen LogP contribution in [0.1, 0.15) is 49.3 Å². The molecule has 37 heavy (non-hydrogen) atoms. The summed E-state index contributed by atoms with van der Waals surface area (Å²) in [5.74, 6) is 1.10. The number of thiocarbonyl (C=S) groups is 1. The van der Waals surface area contributed by atoms with Crippen molar-refractivity contribution >= 4 is 51.7 Å². The Morgan fingerprint density at radius 1 is 1.14 bits per heavy atom. The predicted molar refractivity (Wildman–Crippen MR) is 155 cm³/mol. The number of hydrogen-bond donors (Lipinski definition) is 1. The van der Waals surface area contributed by atoms with Crippen molar-refractivity contribution in [3.8, 4) is 5.75 Å². The maximum atomic E-state index is 13.5. The molecule has 1 fully saturated rings. The lowest BCUT2D eigenvalue weighted by molar-refractivity contribution is -0.122. The van der Waals surface area contributed by atoms with E-state index in [1.165, 1.54) is 22.6 Å². The Bertz CT molecular complexity index is 1380. The number of pyridine rings is 1. The molecule has 4 rings (SSSR count). The van der Waals surface area contributed by atoms with Crippen molar-refractivity contribution in [2.75, 3.05) is 25.5 Å². The van der Waals surface area contributed by atoms with Crippen molar-refractivity contribution in [1.82, 2.24) is 14.3 Å². The lowest BCUT2D eigenvalue weighted by atomic mass is 10.1. The fourth-order valence-electron chi connectivity index (χ4n) is 4.19. The monoisotopic (exact) mass is 536 g/mol. The van der Waals surface area contributed by atoms with Crippen LogP contribution in [0.25, 0.3) is 11.7 Å². The number of aryl methyl sites for hydroxylation is 1. The number of ether oxygens (including phenoxy) is 1. The highest BCUT2D eigenvalue weighted by molar-refractivity contribution is 8.26. The van der Waals surface area contributed by atoms with Gasteiger partial charge in [0.1, 0.15) is 21.5 Å². The minimum atomic E-state index is -0.215. The van der Waals surface area contributed by atoms with Crippen LogP contribution in [0.4, 0.5) is 5.82 Å². The van der Waals surface area contributed by atoms with Gasteiger partial charge in [0.2, 0.25) is 0 Å². The molecule has 0 atom stereocenters. The topological polar surface area (TPSA) is 75.9 Å². The zero-order valence-corrected chi connectivity index (χ0v) is 23.1. The molecule has 1 N–H and O–H groups in total. The van der Waals surface area contributed by atoms with Crippen LogP contribution in [0.2, 0.25) is 0 Å². The first-order valence-electron chi connectivity index (χ1n) is 12.6. The van der Waals surface area contributed by atoms with Gasteiger partial charge in [0, 0.05) is 19.3 Å². The number of benzene rings is 1. The quantitative estimate of drug-likeness (QED) is 0.198. The van der Waals surface area contributed by atoms with Gasteiger partial charge in [-0.2, -0.15) is 0 Å². The summed E-state index contributed by atoms with van der Waals surface area (Å²) in [4.78, 5) is 33.6. The second kappa shape index (κ2) is 12.4. The fourth-order valence-corrected chi connectivity index (χ4v) is 5.48. The van der Waals surface area contributed by atoms with Crippen LogP contribution in [-0.2, 0) is 11.2 Å². The number of amides is 1. The number of nitrogens with one attached hydrogen (secondary N) is 1. The molecule has 1 aliphatic rings. The highest BCUT2D eigenvalue weighted by atomic mass is 32.2. The van der Waals surface area contributed by atoms with Crippen LogP contribution in [-0.4, -0.2) is 44.7 Å². The van der Waals surface area contributed by atoms with Crippen LogP contribution in [0.5, 0.6) is 5.75 Å². The molecule has 0 spiro atoms. The molecule has 1 aromatic carbocycles. The van der Waals surface area contributed by atoms with Gasteiger partial charge < -0.3 is 10.1 Å². The number of anilines is 1. The van der Waals surface area contributed by atoms with E-state index in [0.717, 1.165) is 36.1 Å². The molecule has 194 valence electrons. The van der Waals surface area contributed by atoms with Crippen LogP contribution in [0, 0.1) is 6.92 Å². The highest BCUT2D eigenvalue weighted by Crippen LogP contribution is 2.33. The van der Waals surface area contributed by atoms with Gasteiger partial charge in [-0.25, -0.2) is 4.98 Å². The number of aromatic nitrogens is 2. The molecule has 1 saturated heterocycles. The average molecular weight is 537 g/mol. The molecular formula is C28H32N4O3S2. The normalized spacial score (nSPS) is 14.7. The Kier molecular flexibility index (Phi) is 9.00. The number of methoxy groups -OCH3 is 1. The molecule has 1 amide bonds. The lowest BCUT2D eigenvalue weighted by Crippen LogP contribution is -2.30. The molecule has 1 aliphatic heterocycles. The Morgan fingerprint density at radius 2 is 1.92 bits per heavy atom. The van der Waals surface area contributed by atoms with Crippen molar-refractivity contribution in [3.05, 3.63) is 74.5 Å². The molecule has 0 saturated carbocycles. The van der Waals surface area contributed by atoms with Crippen LogP contribution in [0.15, 0.2) is 52.3 Å². The van der Waals surface area contributed by atoms with E-state index >= 15 is 0 Å². The molecule has 0 radical (unpaired) electrons. The number of unbranched alkanes of at least 4 members (excludes halogenated alkanes) is 3. The maximum absolute atomic E-state index is 13.5. The van der Waals surface area contributed by atoms with Gasteiger partial charge in [0.05, 0.1) is 17.6 Å². The van der Waals surface area contributed by atoms with Crippen molar-refractivity contribution in [2.24, 2.45) is 0 Å². The zero-order valence-electron chi connectivity index (χ0n) is 21.5. The van der Waals surface area contributed by atoms with Crippen LogP contribution < -0.4 is 15.6 Å². The van der Waals surface area contributed by atoms with Crippen molar-refractivity contribution in [3.63, 3.8) is 0 Å². The zero-order chi connectivity index (χ0) is 26.4. The van der Waals surface area contributed by atoms with Gasteiger partial charge >= 0.3 is 0 Å². The molecule has 0 aliphatic carbocycles. The second-order valence-corrected chi connectivity index (χ2v) is 10.7. The Morgan fingerprint density at radius 3 is 2.65 bits per heavy atom. The minimum absolute atomic E-state index is 0.189. The summed E-state index contributed by atoms with van der Waals surface area (Å²) in [6, 6.07) is 11.5. The number of rotatable bonds is 11. The van der Waals surface area contributed by atoms with E-state index in [2.05, 4.69) is 12.2 Å². The van der Waals surface area contributed by atoms with Crippen molar-refractivity contribution in [1.29, 1.82) is 0 Å². The first kappa shape index (κ1) is 26.9. The third-order valence-electron chi connectivity index (χ3n) is 6.34. The third kappa shape index (κ3) is 6.22. The first-order valence-corrected chi connectivity index (χ1v) is 13.8. The Balaban J connectivity index is 1.59. The maximum Gasteiger partial charge on any atom is 0.267 e. The van der Waals surface area contributed by atoms with E-state index in [-0.39, 0.29) is 11.5 Å². The Labute approximate surface area is 226 Å². The van der Waals surface area contributed by atoms with E-state index < -0.39 is 0 Å². The summed E-state index contributed by atoms with van der Waals surface area (Å²) < 4.78 is 7.24. The largest absolute Gasteiger partial charge is 0.497 e. The van der Waals surface area contributed by atoms with Gasteiger partial charge in [0.15, 0.2) is 0 Å². The molecular weight excluding hydrogens is 504 g/mol. The number of nitrogens with zero attached hydrogens (tertiary/aromatic N) is 3. The van der Waals surface area contributed by atoms with Crippen LogP contribution in [0.3, 0.4) is 0 Å². The Hall–Kier alpha value is -3.17. The van der Waals surface area contributed by atoms with Gasteiger partial charge in [-0.05, 0) is 55.2 Å². The fraction of sp³-hybridized carbons (Fsp3) is 0.357. The number of thioether (sulfide) groups is 1. The van der Waals surface area contributed by atoms with E-state index in [9.17, 15) is 9.59 Å². The number of fused-ring (bicyclic) bond motifs is 1. The van der Waals surface area contributed by atoms with E-state index in [1.807, 2.05) is 43.3 Å². The summed E-state index contributed by atoms with van der Waals surface area (Å²) in [6.45, 7) is 5.27. The van der Waals surface area contributed by atoms with E-state index in [0.29, 0.717) is 45.8 Å². The smallest absolute Gasteiger partial charge is 0.267 e. The molecule has 3 heterocycles. The number of carbonyl (C=O) groups is 1. The summed E-state index contributed by atoms with van der Waals surface area (Å²) in [5.41, 5.74) is 2.75. The van der Waals surface area contributed by atoms with Gasteiger partial charge in [0.25, 0.3) is 11.5 Å². The minimum Gasteiger partial charge on any atom is -0.497 e. The number of hydrogen-bond acceptors (Lipinski definition) is 7. The number of carbonyl (C=O) groups excluding carboxylic acids is 1. The van der Waals surface area contributed by atoms with E-state index in [1.54, 1.807) is 24.3 Å². The van der Waals surface area contributed by atoms with Crippen LogP contribution >= 0.6 is 24.0 Å². The molecule has 0 unspecified atom stereocenters. The van der Waals surface area contributed by atoms with Gasteiger partial charge in [-0.3, -0.25) is 18.9 Å². The molecule has 0 bridgehead atoms. The SMILES string of the molecule is CCCCCCNc1nc2c(C)cccn2c(=O)c1C=C1SC(=S)N(CCc2ccc(OC)cc2)C1=O. The predicted octanol–water partition coefficient (Wildman–Crippen LogP) is 5.45. The molecule has 2 aromatic heterocycles. The van der Waals surface area contributed by atoms with Gasteiger partial charge in [-0.15, -0.1) is 0 Å². The first-order chi connectivity index (χ1) is 17.9. The second-order valence-electron chi connectivity index (χ2n) is 8.98. The van der Waals surface area contributed by atoms with E-state index in [4.69, 9.17) is 21.9 Å². The average Bonchev–Trinajstić information content (AvgIpc) is 3.17. The summed E-state index contributed by atoms with van der Waals surface area (Å²) in [5, 5.41) is 3.35. The molecule has 3 aromatic rings. The molecule has 7 nitrogen and oxygen atoms in total.